The predicted octanol–water partition coefficient (Wildman–Crippen LogP) is 7.88. The summed E-state index contributed by atoms with van der Waals surface area (Å²) in [6.07, 6.45) is -0.221. The first kappa shape index (κ1) is 25.4. The molecule has 1 fully saturated rings. The Morgan fingerprint density at radius 1 is 1.11 bits per heavy atom. The fourth-order valence-corrected chi connectivity index (χ4v) is 5.45. The van der Waals surface area contributed by atoms with Crippen LogP contribution in [0.1, 0.15) is 48.2 Å². The molecule has 1 aliphatic rings. The van der Waals surface area contributed by atoms with E-state index in [1.165, 1.54) is 12.1 Å². The third kappa shape index (κ3) is 5.61. The molecule has 0 aliphatic carbocycles. The Kier molecular flexibility index (Phi) is 7.95. The average Bonchev–Trinajstić information content (AvgIpc) is 2.83. The minimum Gasteiger partial charge on any atom is -0.480 e. The molecule has 35 heavy (non-hydrogen) atoms. The van der Waals surface area contributed by atoms with Crippen LogP contribution in [-0.2, 0) is 9.53 Å². The number of para-hydroxylation sites is 1. The molecule has 3 aromatic rings. The maximum atomic E-state index is 13.8. The van der Waals surface area contributed by atoms with Gasteiger partial charge in [-0.3, -0.25) is 0 Å². The quantitative estimate of drug-likeness (QED) is 0.299. The lowest BCUT2D eigenvalue weighted by Gasteiger charge is -2.43. The zero-order chi connectivity index (χ0) is 25.1. The van der Waals surface area contributed by atoms with E-state index in [0.29, 0.717) is 21.7 Å². The normalized spacial score (nSPS) is 21.9. The zero-order valence-corrected chi connectivity index (χ0v) is 21.4. The number of ether oxygens (including phenoxy) is 2. The van der Waals surface area contributed by atoms with Crippen LogP contribution in [0.2, 0.25) is 5.02 Å². The Balaban J connectivity index is 1.82. The van der Waals surface area contributed by atoms with Gasteiger partial charge in [0.2, 0.25) is 0 Å². The molecular weight excluding hydrogens is 535 g/mol. The van der Waals surface area contributed by atoms with E-state index in [2.05, 4.69) is 22.5 Å². The van der Waals surface area contributed by atoms with Gasteiger partial charge < -0.3 is 14.6 Å². The molecule has 0 saturated carbocycles. The van der Waals surface area contributed by atoms with Crippen molar-refractivity contribution in [2.75, 3.05) is 6.61 Å². The van der Waals surface area contributed by atoms with E-state index in [9.17, 15) is 14.3 Å². The molecule has 0 spiro atoms. The predicted molar refractivity (Wildman–Crippen MR) is 137 cm³/mol. The first-order chi connectivity index (χ1) is 16.8. The molecule has 0 radical (unpaired) electrons. The molecule has 1 N–H and O–H groups in total. The summed E-state index contributed by atoms with van der Waals surface area (Å²) in [4.78, 5) is 11.2. The lowest BCUT2D eigenvalue weighted by Crippen LogP contribution is -2.32. The van der Waals surface area contributed by atoms with E-state index >= 15 is 0 Å². The number of hydrogen-bond acceptors (Lipinski definition) is 3. The largest absolute Gasteiger partial charge is 0.480 e. The average molecular weight is 560 g/mol. The number of carbonyl (C=O) groups is 1. The number of carboxylic acid groups (broad SMARTS) is 1. The summed E-state index contributed by atoms with van der Waals surface area (Å²) >= 11 is 10.1. The molecule has 4 rings (SSSR count). The lowest BCUT2D eigenvalue weighted by atomic mass is 9.74. The Morgan fingerprint density at radius 2 is 1.80 bits per heavy atom. The van der Waals surface area contributed by atoms with Gasteiger partial charge in [-0.25, -0.2) is 9.18 Å². The highest BCUT2D eigenvalue weighted by atomic mass is 79.9. The van der Waals surface area contributed by atoms with Gasteiger partial charge in [0, 0.05) is 22.4 Å². The van der Waals surface area contributed by atoms with Crippen molar-refractivity contribution in [3.8, 4) is 5.75 Å². The van der Waals surface area contributed by atoms with E-state index < -0.39 is 24.8 Å². The first-order valence-corrected chi connectivity index (χ1v) is 12.4. The molecule has 4 nitrogen and oxygen atoms in total. The van der Waals surface area contributed by atoms with Gasteiger partial charge in [0.15, 0.2) is 6.61 Å². The van der Waals surface area contributed by atoms with Crippen molar-refractivity contribution in [1.29, 1.82) is 0 Å². The first-order valence-electron chi connectivity index (χ1n) is 11.2. The van der Waals surface area contributed by atoms with Crippen LogP contribution in [0.3, 0.4) is 0 Å². The summed E-state index contributed by atoms with van der Waals surface area (Å²) < 4.78 is 26.9. The van der Waals surface area contributed by atoms with Gasteiger partial charge in [-0.1, -0.05) is 66.2 Å². The summed E-state index contributed by atoms with van der Waals surface area (Å²) in [5.41, 5.74) is 3.42. The lowest BCUT2D eigenvalue weighted by molar-refractivity contribution is -0.139. The van der Waals surface area contributed by atoms with Crippen molar-refractivity contribution in [1.82, 2.24) is 0 Å². The number of halogens is 3. The van der Waals surface area contributed by atoms with Crippen LogP contribution in [0.5, 0.6) is 5.75 Å². The molecular formula is C28H25BrClFO4. The van der Waals surface area contributed by atoms with Crippen molar-refractivity contribution < 1.29 is 23.8 Å². The van der Waals surface area contributed by atoms with Crippen molar-refractivity contribution in [2.24, 2.45) is 5.92 Å². The third-order valence-corrected chi connectivity index (χ3v) is 7.28. The number of aliphatic carboxylic acids is 1. The summed E-state index contributed by atoms with van der Waals surface area (Å²) in [7, 11) is 0. The molecule has 0 amide bonds. The fourth-order valence-electron chi connectivity index (χ4n) is 4.68. The van der Waals surface area contributed by atoms with Crippen LogP contribution >= 0.6 is 27.5 Å². The molecule has 0 bridgehead atoms. The molecule has 3 aromatic carbocycles. The van der Waals surface area contributed by atoms with Crippen LogP contribution in [0, 0.1) is 11.7 Å². The molecule has 7 heteroatoms. The van der Waals surface area contributed by atoms with Crippen LogP contribution in [0.4, 0.5) is 4.39 Å². The molecule has 0 unspecified atom stereocenters. The van der Waals surface area contributed by atoms with Gasteiger partial charge in [0.25, 0.3) is 0 Å². The summed E-state index contributed by atoms with van der Waals surface area (Å²) in [6, 6.07) is 19.5. The van der Waals surface area contributed by atoms with E-state index in [4.69, 9.17) is 21.1 Å². The Labute approximate surface area is 217 Å². The molecule has 1 saturated heterocycles. The second-order valence-electron chi connectivity index (χ2n) is 8.69. The second-order valence-corrected chi connectivity index (χ2v) is 9.95. The fraction of sp³-hybridized carbons (Fsp3) is 0.250. The Hall–Kier alpha value is -2.67. The van der Waals surface area contributed by atoms with Crippen molar-refractivity contribution in [2.45, 2.75) is 31.5 Å². The van der Waals surface area contributed by atoms with Crippen LogP contribution in [-0.4, -0.2) is 17.7 Å². The maximum Gasteiger partial charge on any atom is 0.341 e. The molecule has 0 aromatic heterocycles. The second kappa shape index (κ2) is 10.9. The highest BCUT2D eigenvalue weighted by Crippen LogP contribution is 2.54. The van der Waals surface area contributed by atoms with Gasteiger partial charge in [0.05, 0.1) is 16.7 Å². The third-order valence-electron chi connectivity index (χ3n) is 6.31. The van der Waals surface area contributed by atoms with E-state index in [1.807, 2.05) is 43.3 Å². The molecule has 1 aliphatic heterocycles. The summed E-state index contributed by atoms with van der Waals surface area (Å²) in [6.45, 7) is 5.71. The number of rotatable bonds is 7. The minimum atomic E-state index is -1.07. The van der Waals surface area contributed by atoms with Crippen molar-refractivity contribution in [3.63, 3.8) is 0 Å². The van der Waals surface area contributed by atoms with Crippen molar-refractivity contribution in [3.05, 3.63) is 111 Å². The standard InChI is InChI=1S/C28H25BrClFO4/c1-16(2)21-14-22(19-6-3-4-9-24(19)30)26(17-10-12-18(31)13-11-17)35-27(21)20-7-5-8-23(29)28(20)34-15-25(32)33/h3-13,21-22,26-27H,1,14-15H2,2H3,(H,32,33)/t21-,22-,26+,27-/m1/s1. The van der Waals surface area contributed by atoms with Gasteiger partial charge in [-0.15, -0.1) is 0 Å². The highest BCUT2D eigenvalue weighted by Gasteiger charge is 2.42. The topological polar surface area (TPSA) is 55.8 Å². The van der Waals surface area contributed by atoms with Gasteiger partial charge in [-0.05, 0) is 64.7 Å². The number of benzene rings is 3. The van der Waals surface area contributed by atoms with Crippen molar-refractivity contribution >= 4 is 33.5 Å². The summed E-state index contributed by atoms with van der Waals surface area (Å²) in [5, 5.41) is 9.82. The van der Waals surface area contributed by atoms with E-state index in [0.717, 1.165) is 22.3 Å². The van der Waals surface area contributed by atoms with Gasteiger partial charge in [-0.2, -0.15) is 0 Å². The highest BCUT2D eigenvalue weighted by molar-refractivity contribution is 9.10. The van der Waals surface area contributed by atoms with Gasteiger partial charge in [0.1, 0.15) is 11.6 Å². The Morgan fingerprint density at radius 3 is 2.46 bits per heavy atom. The van der Waals surface area contributed by atoms with Crippen LogP contribution < -0.4 is 4.74 Å². The molecule has 4 atom stereocenters. The van der Waals surface area contributed by atoms with Gasteiger partial charge >= 0.3 is 5.97 Å². The minimum absolute atomic E-state index is 0.102. The summed E-state index contributed by atoms with van der Waals surface area (Å²) in [5.74, 6) is -1.19. The van der Waals surface area contributed by atoms with Crippen LogP contribution in [0.15, 0.2) is 83.4 Å². The monoisotopic (exact) mass is 558 g/mol. The number of hydrogen-bond donors (Lipinski definition) is 1. The van der Waals surface area contributed by atoms with Crippen LogP contribution in [0.25, 0.3) is 0 Å². The maximum absolute atomic E-state index is 13.8. The number of carboxylic acids is 1. The SMILES string of the molecule is C=C(C)[C@H]1C[C@H](c2ccccc2Cl)[C@H](c2ccc(F)cc2)O[C@@H]1c1cccc(Br)c1OCC(=O)O. The van der Waals surface area contributed by atoms with E-state index in [1.54, 1.807) is 18.2 Å². The molecule has 1 heterocycles. The Bertz CT molecular complexity index is 1230. The van der Waals surface area contributed by atoms with E-state index in [-0.39, 0.29) is 17.7 Å². The molecule has 182 valence electrons. The zero-order valence-electron chi connectivity index (χ0n) is 19.1. The smallest absolute Gasteiger partial charge is 0.341 e.